The highest BCUT2D eigenvalue weighted by molar-refractivity contribution is 6.30. The summed E-state index contributed by atoms with van der Waals surface area (Å²) in [5, 5.41) is 24.6. The SMILES string of the molecule is O=C([O-])C[C@@H](NC(=O)c1cccc([N+](=O)[O-])c1)c1cccc(Cl)c1. The fourth-order valence-corrected chi connectivity index (χ4v) is 2.34. The summed E-state index contributed by atoms with van der Waals surface area (Å²) < 4.78 is 0. The summed E-state index contributed by atoms with van der Waals surface area (Å²) in [6.45, 7) is 0. The average Bonchev–Trinajstić information content (AvgIpc) is 2.54. The predicted octanol–water partition coefficient (Wildman–Crippen LogP) is 1.86. The quantitative estimate of drug-likeness (QED) is 0.633. The summed E-state index contributed by atoms with van der Waals surface area (Å²) in [5.41, 5.74) is 0.307. The number of carbonyl (C=O) groups excluding carboxylic acids is 2. The van der Waals surface area contributed by atoms with Gasteiger partial charge in [-0.15, -0.1) is 0 Å². The van der Waals surface area contributed by atoms with Gasteiger partial charge in [0.15, 0.2) is 0 Å². The molecule has 0 spiro atoms. The second-order valence-electron chi connectivity index (χ2n) is 4.96. The number of non-ortho nitro benzene ring substituents is 1. The third-order valence-electron chi connectivity index (χ3n) is 3.25. The number of halogens is 1. The zero-order valence-corrected chi connectivity index (χ0v) is 13.0. The maximum Gasteiger partial charge on any atom is 0.270 e. The van der Waals surface area contributed by atoms with Gasteiger partial charge in [0.25, 0.3) is 11.6 Å². The van der Waals surface area contributed by atoms with Crippen LogP contribution >= 0.6 is 11.6 Å². The van der Waals surface area contributed by atoms with E-state index < -0.39 is 29.3 Å². The Morgan fingerprint density at radius 2 is 1.88 bits per heavy atom. The summed E-state index contributed by atoms with van der Waals surface area (Å²) in [4.78, 5) is 33.4. The third kappa shape index (κ3) is 4.53. The number of carboxylic acid groups (broad SMARTS) is 1. The van der Waals surface area contributed by atoms with Gasteiger partial charge in [-0.05, 0) is 23.8 Å². The third-order valence-corrected chi connectivity index (χ3v) is 3.48. The van der Waals surface area contributed by atoms with E-state index in [2.05, 4.69) is 5.32 Å². The van der Waals surface area contributed by atoms with Gasteiger partial charge in [-0.2, -0.15) is 0 Å². The molecule has 0 bridgehead atoms. The molecule has 0 saturated heterocycles. The zero-order valence-electron chi connectivity index (χ0n) is 12.3. The lowest BCUT2D eigenvalue weighted by Crippen LogP contribution is -2.34. The van der Waals surface area contributed by atoms with Gasteiger partial charge < -0.3 is 15.2 Å². The number of carbonyl (C=O) groups is 2. The molecule has 0 fully saturated rings. The molecule has 2 aromatic carbocycles. The number of amides is 1. The van der Waals surface area contributed by atoms with Crippen LogP contribution in [0.4, 0.5) is 5.69 Å². The smallest absolute Gasteiger partial charge is 0.270 e. The monoisotopic (exact) mass is 347 g/mol. The van der Waals surface area contributed by atoms with E-state index in [-0.39, 0.29) is 11.3 Å². The van der Waals surface area contributed by atoms with Crippen molar-refractivity contribution in [3.63, 3.8) is 0 Å². The van der Waals surface area contributed by atoms with Crippen molar-refractivity contribution < 1.29 is 19.6 Å². The first kappa shape index (κ1) is 17.4. The summed E-state index contributed by atoms with van der Waals surface area (Å²) in [5.74, 6) is -1.98. The molecule has 8 heteroatoms. The topological polar surface area (TPSA) is 112 Å². The molecule has 1 amide bonds. The summed E-state index contributed by atoms with van der Waals surface area (Å²) in [7, 11) is 0. The number of nitrogens with one attached hydrogen (secondary N) is 1. The highest BCUT2D eigenvalue weighted by Crippen LogP contribution is 2.21. The van der Waals surface area contributed by atoms with E-state index in [0.29, 0.717) is 10.6 Å². The number of aliphatic carboxylic acids is 1. The fourth-order valence-electron chi connectivity index (χ4n) is 2.14. The Labute approximate surface area is 142 Å². The Hall–Kier alpha value is -2.93. The van der Waals surface area contributed by atoms with E-state index in [9.17, 15) is 24.8 Å². The van der Waals surface area contributed by atoms with Gasteiger partial charge in [0.2, 0.25) is 0 Å². The van der Waals surface area contributed by atoms with Crippen LogP contribution in [0.3, 0.4) is 0 Å². The van der Waals surface area contributed by atoms with Crippen LogP contribution in [0.15, 0.2) is 48.5 Å². The van der Waals surface area contributed by atoms with E-state index >= 15 is 0 Å². The first-order valence-electron chi connectivity index (χ1n) is 6.87. The number of rotatable bonds is 6. The van der Waals surface area contributed by atoms with Crippen LogP contribution in [0.1, 0.15) is 28.4 Å². The second-order valence-corrected chi connectivity index (χ2v) is 5.40. The van der Waals surface area contributed by atoms with Crippen molar-refractivity contribution in [2.75, 3.05) is 0 Å². The number of nitro groups is 1. The van der Waals surface area contributed by atoms with E-state index in [4.69, 9.17) is 11.6 Å². The van der Waals surface area contributed by atoms with Gasteiger partial charge in [0, 0.05) is 35.1 Å². The Kier molecular flexibility index (Phi) is 5.49. The maximum absolute atomic E-state index is 12.3. The lowest BCUT2D eigenvalue weighted by Gasteiger charge is -2.20. The molecule has 7 nitrogen and oxygen atoms in total. The molecular weight excluding hydrogens is 336 g/mol. The molecule has 1 atom stereocenters. The van der Waals surface area contributed by atoms with Crippen molar-refractivity contribution in [1.82, 2.24) is 5.32 Å². The number of benzene rings is 2. The minimum absolute atomic E-state index is 0.0505. The molecule has 0 aromatic heterocycles. The highest BCUT2D eigenvalue weighted by atomic mass is 35.5. The first-order valence-corrected chi connectivity index (χ1v) is 7.25. The van der Waals surface area contributed by atoms with Crippen LogP contribution in [0.25, 0.3) is 0 Å². The molecular formula is C16H12ClN2O5-. The van der Waals surface area contributed by atoms with Gasteiger partial charge in [-0.25, -0.2) is 0 Å². The highest BCUT2D eigenvalue weighted by Gasteiger charge is 2.18. The number of nitro benzene ring substituents is 1. The minimum atomic E-state index is -1.35. The Balaban J connectivity index is 2.26. The lowest BCUT2D eigenvalue weighted by molar-refractivity contribution is -0.384. The molecule has 124 valence electrons. The Bertz CT molecular complexity index is 794. The molecule has 0 saturated carbocycles. The molecule has 1 N–H and O–H groups in total. The number of hydrogen-bond donors (Lipinski definition) is 1. The van der Waals surface area contributed by atoms with E-state index in [1.54, 1.807) is 18.2 Å². The van der Waals surface area contributed by atoms with Gasteiger partial charge in [0.1, 0.15) is 0 Å². The van der Waals surface area contributed by atoms with Gasteiger partial charge in [-0.3, -0.25) is 14.9 Å². The summed E-state index contributed by atoms with van der Waals surface area (Å²) in [6.07, 6.45) is -0.457. The van der Waals surface area contributed by atoms with Crippen LogP contribution < -0.4 is 10.4 Å². The average molecular weight is 348 g/mol. The van der Waals surface area contributed by atoms with Crippen molar-refractivity contribution in [1.29, 1.82) is 0 Å². The predicted molar refractivity (Wildman–Crippen MR) is 84.4 cm³/mol. The molecule has 2 aromatic rings. The van der Waals surface area contributed by atoms with Gasteiger partial charge in [-0.1, -0.05) is 29.8 Å². The van der Waals surface area contributed by atoms with Gasteiger partial charge in [0.05, 0.1) is 11.0 Å². The normalized spacial score (nSPS) is 11.5. The van der Waals surface area contributed by atoms with Crippen LogP contribution in [0.2, 0.25) is 5.02 Å². The molecule has 0 heterocycles. The van der Waals surface area contributed by atoms with E-state index in [0.717, 1.165) is 6.07 Å². The molecule has 24 heavy (non-hydrogen) atoms. The second kappa shape index (κ2) is 7.56. The molecule has 0 radical (unpaired) electrons. The van der Waals surface area contributed by atoms with Crippen molar-refractivity contribution in [2.24, 2.45) is 0 Å². The molecule has 2 rings (SSSR count). The Morgan fingerprint density at radius 1 is 1.17 bits per heavy atom. The van der Waals surface area contributed by atoms with Crippen LogP contribution in [0, 0.1) is 10.1 Å². The molecule has 0 aliphatic heterocycles. The van der Waals surface area contributed by atoms with E-state index in [1.807, 2.05) is 0 Å². The fraction of sp³-hybridized carbons (Fsp3) is 0.125. The van der Waals surface area contributed by atoms with Gasteiger partial charge >= 0.3 is 0 Å². The van der Waals surface area contributed by atoms with Crippen molar-refractivity contribution >= 4 is 29.2 Å². The van der Waals surface area contributed by atoms with Crippen LogP contribution in [-0.2, 0) is 4.79 Å². The standard InChI is InChI=1S/C16H13ClN2O5/c17-12-5-1-3-10(7-12)14(9-15(20)21)18-16(22)11-4-2-6-13(8-11)19(23)24/h1-8,14H,9H2,(H,18,22)(H,20,21)/p-1/t14-/m1/s1. The number of carboxylic acids is 1. The number of hydrogen-bond acceptors (Lipinski definition) is 5. The molecule has 0 unspecified atom stereocenters. The van der Waals surface area contributed by atoms with E-state index in [1.165, 1.54) is 24.3 Å². The van der Waals surface area contributed by atoms with Crippen molar-refractivity contribution in [3.05, 3.63) is 74.8 Å². The zero-order chi connectivity index (χ0) is 17.7. The Morgan fingerprint density at radius 3 is 2.50 bits per heavy atom. The van der Waals surface area contributed by atoms with Crippen molar-refractivity contribution in [2.45, 2.75) is 12.5 Å². The largest absolute Gasteiger partial charge is 0.550 e. The minimum Gasteiger partial charge on any atom is -0.550 e. The summed E-state index contributed by atoms with van der Waals surface area (Å²) in [6, 6.07) is 10.7. The number of nitrogens with zero attached hydrogens (tertiary/aromatic N) is 1. The maximum atomic E-state index is 12.3. The summed E-state index contributed by atoms with van der Waals surface area (Å²) >= 11 is 5.88. The molecule has 0 aliphatic carbocycles. The molecule has 0 aliphatic rings. The lowest BCUT2D eigenvalue weighted by atomic mass is 10.0. The van der Waals surface area contributed by atoms with Crippen LogP contribution in [-0.4, -0.2) is 16.8 Å². The van der Waals surface area contributed by atoms with Crippen LogP contribution in [0.5, 0.6) is 0 Å². The first-order chi connectivity index (χ1) is 11.4. The van der Waals surface area contributed by atoms with Crippen molar-refractivity contribution in [3.8, 4) is 0 Å².